The zero-order valence-corrected chi connectivity index (χ0v) is 12.0. The van der Waals surface area contributed by atoms with Gasteiger partial charge in [0.15, 0.2) is 0 Å². The van der Waals surface area contributed by atoms with E-state index in [-0.39, 0.29) is 5.82 Å². The summed E-state index contributed by atoms with van der Waals surface area (Å²) >= 11 is 5.84. The van der Waals surface area contributed by atoms with Crippen LogP contribution in [0.2, 0.25) is 0 Å². The number of para-hydroxylation sites is 1. The summed E-state index contributed by atoms with van der Waals surface area (Å²) in [7, 11) is 0. The first-order valence-corrected chi connectivity index (χ1v) is 7.26. The van der Waals surface area contributed by atoms with Crippen molar-refractivity contribution in [2.45, 2.75) is 33.2 Å². The molecule has 1 aliphatic carbocycles. The molecule has 2 nitrogen and oxygen atoms in total. The summed E-state index contributed by atoms with van der Waals surface area (Å²) in [4.78, 5) is 4.53. The second-order valence-corrected chi connectivity index (χ2v) is 6.45. The number of nitrogens with zero attached hydrogens (tertiary/aromatic N) is 2. The van der Waals surface area contributed by atoms with Crippen molar-refractivity contribution in [3.8, 4) is 0 Å². The lowest BCUT2D eigenvalue weighted by atomic mass is 10.1. The van der Waals surface area contributed by atoms with E-state index in [1.807, 2.05) is 10.6 Å². The Bertz CT molecular complexity index is 618. The van der Waals surface area contributed by atoms with Crippen LogP contribution in [0.3, 0.4) is 0 Å². The molecule has 2 aromatic rings. The number of fused-ring (bicyclic) bond motifs is 1. The molecule has 1 fully saturated rings. The highest BCUT2D eigenvalue weighted by Crippen LogP contribution is 2.52. The molecular formula is C15H18ClFN2. The summed E-state index contributed by atoms with van der Waals surface area (Å²) < 4.78 is 16.1. The van der Waals surface area contributed by atoms with Gasteiger partial charge in [-0.3, -0.25) is 0 Å². The molecule has 0 aliphatic heterocycles. The first kappa shape index (κ1) is 12.9. The number of benzene rings is 1. The highest BCUT2D eigenvalue weighted by molar-refractivity contribution is 6.17. The monoisotopic (exact) mass is 280 g/mol. The van der Waals surface area contributed by atoms with E-state index in [0.717, 1.165) is 17.9 Å². The van der Waals surface area contributed by atoms with Crippen LogP contribution in [0, 0.1) is 17.2 Å². The van der Waals surface area contributed by atoms with Crippen LogP contribution >= 0.6 is 11.6 Å². The minimum atomic E-state index is -0.190. The topological polar surface area (TPSA) is 17.8 Å². The molecule has 1 aromatic carbocycles. The van der Waals surface area contributed by atoms with Gasteiger partial charge in [0.25, 0.3) is 0 Å². The Morgan fingerprint density at radius 3 is 2.84 bits per heavy atom. The van der Waals surface area contributed by atoms with Gasteiger partial charge in [0.2, 0.25) is 0 Å². The lowest BCUT2D eigenvalue weighted by molar-refractivity contribution is 0.492. The van der Waals surface area contributed by atoms with Gasteiger partial charge >= 0.3 is 0 Å². The van der Waals surface area contributed by atoms with Gasteiger partial charge in [-0.25, -0.2) is 9.37 Å². The predicted molar refractivity (Wildman–Crippen MR) is 76.0 cm³/mol. The van der Waals surface area contributed by atoms with Gasteiger partial charge in [-0.05, 0) is 29.9 Å². The summed E-state index contributed by atoms with van der Waals surface area (Å²) in [6.45, 7) is 5.36. The molecule has 19 heavy (non-hydrogen) atoms. The molecule has 4 heteroatoms. The summed E-state index contributed by atoms with van der Waals surface area (Å²) in [5.41, 5.74) is 1.74. The third-order valence-electron chi connectivity index (χ3n) is 4.24. The average molecular weight is 281 g/mol. The van der Waals surface area contributed by atoms with Gasteiger partial charge in [0, 0.05) is 18.8 Å². The van der Waals surface area contributed by atoms with Crippen molar-refractivity contribution >= 4 is 22.6 Å². The van der Waals surface area contributed by atoms with Crippen LogP contribution in [0.15, 0.2) is 18.2 Å². The number of rotatable bonds is 4. The molecule has 102 valence electrons. The van der Waals surface area contributed by atoms with E-state index in [0.29, 0.717) is 29.2 Å². The molecule has 0 bridgehead atoms. The Morgan fingerprint density at radius 1 is 1.47 bits per heavy atom. The Morgan fingerprint density at radius 2 is 2.21 bits per heavy atom. The largest absolute Gasteiger partial charge is 0.325 e. The number of hydrogen-bond donors (Lipinski definition) is 0. The number of imidazole rings is 1. The molecular weight excluding hydrogens is 263 g/mol. The molecule has 1 heterocycles. The van der Waals surface area contributed by atoms with E-state index in [1.54, 1.807) is 6.07 Å². The van der Waals surface area contributed by atoms with E-state index in [2.05, 4.69) is 18.8 Å². The Kier molecular flexibility index (Phi) is 3.05. The van der Waals surface area contributed by atoms with E-state index in [1.165, 1.54) is 12.5 Å². The molecule has 0 saturated heterocycles. The highest BCUT2D eigenvalue weighted by Gasteiger charge is 2.45. The van der Waals surface area contributed by atoms with Crippen molar-refractivity contribution < 1.29 is 4.39 Å². The molecule has 1 aromatic heterocycles. The normalized spacial score (nSPS) is 20.9. The Labute approximate surface area is 117 Å². The Balaban J connectivity index is 2.05. The van der Waals surface area contributed by atoms with Crippen LogP contribution in [0.25, 0.3) is 11.0 Å². The van der Waals surface area contributed by atoms with Crippen molar-refractivity contribution in [1.82, 2.24) is 9.55 Å². The maximum Gasteiger partial charge on any atom is 0.149 e. The second-order valence-electron chi connectivity index (χ2n) is 6.07. The zero-order chi connectivity index (χ0) is 13.6. The molecule has 0 amide bonds. The van der Waals surface area contributed by atoms with Crippen molar-refractivity contribution in [2.24, 2.45) is 11.3 Å². The van der Waals surface area contributed by atoms with E-state index < -0.39 is 0 Å². The Hall–Kier alpha value is -1.09. The molecule has 0 spiro atoms. The van der Waals surface area contributed by atoms with Crippen LogP contribution in [-0.2, 0) is 13.0 Å². The van der Waals surface area contributed by atoms with Crippen LogP contribution in [0.4, 0.5) is 4.39 Å². The first-order valence-electron chi connectivity index (χ1n) is 6.72. The third kappa shape index (κ3) is 2.25. The van der Waals surface area contributed by atoms with Gasteiger partial charge in [0.05, 0.1) is 5.52 Å². The zero-order valence-electron chi connectivity index (χ0n) is 11.3. The summed E-state index contributed by atoms with van der Waals surface area (Å²) in [6, 6.07) is 5.08. The van der Waals surface area contributed by atoms with Gasteiger partial charge < -0.3 is 4.57 Å². The quantitative estimate of drug-likeness (QED) is 0.774. The van der Waals surface area contributed by atoms with Crippen LogP contribution in [0.1, 0.15) is 26.1 Å². The van der Waals surface area contributed by atoms with Crippen LogP contribution < -0.4 is 0 Å². The van der Waals surface area contributed by atoms with Crippen molar-refractivity contribution in [2.75, 3.05) is 5.88 Å². The molecule has 1 atom stereocenters. The fraction of sp³-hybridized carbons (Fsp3) is 0.533. The first-order chi connectivity index (χ1) is 9.03. The van der Waals surface area contributed by atoms with Crippen LogP contribution in [-0.4, -0.2) is 15.4 Å². The smallest absolute Gasteiger partial charge is 0.149 e. The molecule has 1 unspecified atom stereocenters. The summed E-state index contributed by atoms with van der Waals surface area (Å²) in [6.07, 6.45) is 1.88. The van der Waals surface area contributed by atoms with Crippen molar-refractivity contribution in [3.63, 3.8) is 0 Å². The van der Waals surface area contributed by atoms with Crippen molar-refractivity contribution in [3.05, 3.63) is 29.8 Å². The maximum absolute atomic E-state index is 14.1. The summed E-state index contributed by atoms with van der Waals surface area (Å²) in [5.74, 6) is 1.83. The average Bonchev–Trinajstić information content (AvgIpc) is 2.79. The molecule has 0 N–H and O–H groups in total. The lowest BCUT2D eigenvalue weighted by Crippen LogP contribution is -2.09. The molecule has 1 saturated carbocycles. The third-order valence-corrected chi connectivity index (χ3v) is 4.42. The standard InChI is InChI=1S/C15H18ClFN2/c1-15(2)8-10(15)9-19-13(6-7-16)18-12-5-3-4-11(17)14(12)19/h3-5,10H,6-9H2,1-2H3. The summed E-state index contributed by atoms with van der Waals surface area (Å²) in [5, 5.41) is 0. The van der Waals surface area contributed by atoms with Crippen molar-refractivity contribution in [1.29, 1.82) is 0 Å². The minimum Gasteiger partial charge on any atom is -0.325 e. The van der Waals surface area contributed by atoms with E-state index in [4.69, 9.17) is 11.6 Å². The van der Waals surface area contributed by atoms with Gasteiger partial charge in [-0.15, -0.1) is 11.6 Å². The maximum atomic E-state index is 14.1. The van der Waals surface area contributed by atoms with E-state index in [9.17, 15) is 4.39 Å². The van der Waals surface area contributed by atoms with Crippen LogP contribution in [0.5, 0.6) is 0 Å². The number of aromatic nitrogens is 2. The van der Waals surface area contributed by atoms with E-state index >= 15 is 0 Å². The van der Waals surface area contributed by atoms with Gasteiger partial charge in [0.1, 0.15) is 17.2 Å². The second kappa shape index (κ2) is 4.48. The number of aryl methyl sites for hydroxylation is 1. The number of halogens is 2. The number of hydrogen-bond acceptors (Lipinski definition) is 1. The SMILES string of the molecule is CC1(C)CC1Cn1c(CCCl)nc2cccc(F)c21. The fourth-order valence-corrected chi connectivity index (χ4v) is 2.94. The predicted octanol–water partition coefficient (Wildman–Crippen LogP) is 4.00. The fourth-order valence-electron chi connectivity index (χ4n) is 2.77. The van der Waals surface area contributed by atoms with Gasteiger partial charge in [-0.1, -0.05) is 19.9 Å². The highest BCUT2D eigenvalue weighted by atomic mass is 35.5. The molecule has 3 rings (SSSR count). The lowest BCUT2D eigenvalue weighted by Gasteiger charge is -2.10. The number of alkyl halides is 1. The van der Waals surface area contributed by atoms with Gasteiger partial charge in [-0.2, -0.15) is 0 Å². The molecule has 0 radical (unpaired) electrons. The minimum absolute atomic E-state index is 0.190. The molecule has 1 aliphatic rings.